The topological polar surface area (TPSA) is 64.9 Å². The van der Waals surface area contributed by atoms with E-state index in [1.807, 2.05) is 5.38 Å². The average Bonchev–Trinajstić information content (AvgIpc) is 2.76. The van der Waals surface area contributed by atoms with Crippen LogP contribution in [0.3, 0.4) is 0 Å². The van der Waals surface area contributed by atoms with Crippen molar-refractivity contribution in [2.24, 2.45) is 5.92 Å². The van der Waals surface area contributed by atoms with Crippen molar-refractivity contribution in [3.8, 4) is 6.07 Å². The molecule has 1 fully saturated rings. The number of nitrogens with zero attached hydrogens (tertiary/aromatic N) is 1. The van der Waals surface area contributed by atoms with Crippen LogP contribution in [0, 0.1) is 17.2 Å². The lowest BCUT2D eigenvalue weighted by molar-refractivity contribution is -0.119. The number of carbonyl (C=O) groups excluding carboxylic acids is 1. The largest absolute Gasteiger partial charge is 0.315 e. The summed E-state index contributed by atoms with van der Waals surface area (Å²) in [5.41, 5.74) is 0.534. The third-order valence-electron chi connectivity index (χ3n) is 3.07. The summed E-state index contributed by atoms with van der Waals surface area (Å²) >= 11 is 1.39. The van der Waals surface area contributed by atoms with Gasteiger partial charge in [-0.25, -0.2) is 0 Å². The zero-order chi connectivity index (χ0) is 12.3. The Bertz CT molecular complexity index is 449. The lowest BCUT2D eigenvalue weighted by atomic mass is 9.92. The number of thiophene rings is 1. The van der Waals surface area contributed by atoms with Gasteiger partial charge in [0, 0.05) is 0 Å². The van der Waals surface area contributed by atoms with E-state index in [0.717, 1.165) is 19.4 Å². The molecule has 1 aliphatic rings. The fourth-order valence-electron chi connectivity index (χ4n) is 2.08. The van der Waals surface area contributed by atoms with Crippen molar-refractivity contribution in [3.63, 3.8) is 0 Å². The van der Waals surface area contributed by atoms with E-state index in [9.17, 15) is 4.79 Å². The van der Waals surface area contributed by atoms with Crippen LogP contribution in [0.1, 0.15) is 25.3 Å². The summed E-state index contributed by atoms with van der Waals surface area (Å²) in [6, 6.07) is 3.65. The van der Waals surface area contributed by atoms with Crippen LogP contribution in [-0.2, 0) is 4.79 Å². The van der Waals surface area contributed by atoms with Gasteiger partial charge in [-0.05, 0) is 36.8 Å². The normalized spacial score (nSPS) is 24.0. The van der Waals surface area contributed by atoms with Gasteiger partial charge in [-0.15, -0.1) is 11.3 Å². The number of anilines is 1. The molecule has 1 aromatic rings. The molecule has 1 aliphatic heterocycles. The number of hydrogen-bond donors (Lipinski definition) is 2. The Hall–Kier alpha value is -1.38. The smallest absolute Gasteiger partial charge is 0.242 e. The highest BCUT2D eigenvalue weighted by Crippen LogP contribution is 2.24. The molecule has 0 bridgehead atoms. The molecule has 4 nitrogen and oxygen atoms in total. The van der Waals surface area contributed by atoms with Gasteiger partial charge < -0.3 is 10.6 Å². The standard InChI is InChI=1S/C12H15N3OS/c1-8-3-2-5-14-10(8)11(16)15-12-9(7-13)4-6-17-12/h4,6,8,10,14H,2-3,5H2,1H3,(H,15,16). The zero-order valence-electron chi connectivity index (χ0n) is 9.69. The van der Waals surface area contributed by atoms with E-state index in [2.05, 4.69) is 23.6 Å². The second-order valence-corrected chi connectivity index (χ2v) is 5.23. The number of hydrogen-bond acceptors (Lipinski definition) is 4. The van der Waals surface area contributed by atoms with E-state index in [0.29, 0.717) is 16.5 Å². The number of nitrogens with one attached hydrogen (secondary N) is 2. The number of nitriles is 1. The molecule has 2 N–H and O–H groups in total. The summed E-state index contributed by atoms with van der Waals surface area (Å²) in [6.07, 6.45) is 2.19. The van der Waals surface area contributed by atoms with E-state index in [-0.39, 0.29) is 11.9 Å². The Labute approximate surface area is 105 Å². The van der Waals surface area contributed by atoms with Crippen molar-refractivity contribution in [2.45, 2.75) is 25.8 Å². The Kier molecular flexibility index (Phi) is 3.77. The molecule has 2 rings (SSSR count). The fourth-order valence-corrected chi connectivity index (χ4v) is 2.82. The molecule has 0 spiro atoms. The van der Waals surface area contributed by atoms with Crippen LogP contribution in [0.5, 0.6) is 0 Å². The van der Waals surface area contributed by atoms with Crippen molar-refractivity contribution in [2.75, 3.05) is 11.9 Å². The maximum atomic E-state index is 12.1. The first-order valence-corrected chi connectivity index (χ1v) is 6.62. The first-order valence-electron chi connectivity index (χ1n) is 5.74. The SMILES string of the molecule is CC1CCCNC1C(=O)Nc1sccc1C#N. The lowest BCUT2D eigenvalue weighted by Crippen LogP contribution is -2.48. The molecule has 0 saturated carbocycles. The van der Waals surface area contributed by atoms with E-state index < -0.39 is 0 Å². The third-order valence-corrected chi connectivity index (χ3v) is 3.90. The molecule has 5 heteroatoms. The number of carbonyl (C=O) groups is 1. The number of amides is 1. The van der Waals surface area contributed by atoms with Gasteiger partial charge >= 0.3 is 0 Å². The number of piperidine rings is 1. The van der Waals surface area contributed by atoms with Crippen LogP contribution >= 0.6 is 11.3 Å². The van der Waals surface area contributed by atoms with Crippen LogP contribution in [-0.4, -0.2) is 18.5 Å². The minimum absolute atomic E-state index is 0.0313. The monoisotopic (exact) mass is 249 g/mol. The molecule has 17 heavy (non-hydrogen) atoms. The van der Waals surface area contributed by atoms with Gasteiger partial charge in [0.2, 0.25) is 5.91 Å². The van der Waals surface area contributed by atoms with Crippen LogP contribution in [0.4, 0.5) is 5.00 Å². The summed E-state index contributed by atoms with van der Waals surface area (Å²) < 4.78 is 0. The van der Waals surface area contributed by atoms with Crippen molar-refractivity contribution in [1.82, 2.24) is 5.32 Å². The minimum atomic E-state index is -0.141. The molecule has 0 aromatic carbocycles. The first kappa shape index (κ1) is 12.1. The van der Waals surface area contributed by atoms with Gasteiger partial charge in [-0.2, -0.15) is 5.26 Å². The molecule has 90 valence electrons. The highest BCUT2D eigenvalue weighted by atomic mass is 32.1. The lowest BCUT2D eigenvalue weighted by Gasteiger charge is -2.28. The molecular formula is C12H15N3OS. The predicted molar refractivity (Wildman–Crippen MR) is 67.9 cm³/mol. The Morgan fingerprint density at radius 3 is 3.24 bits per heavy atom. The van der Waals surface area contributed by atoms with Crippen molar-refractivity contribution >= 4 is 22.2 Å². The molecular weight excluding hydrogens is 234 g/mol. The molecule has 2 atom stereocenters. The van der Waals surface area contributed by atoms with Gasteiger partial charge in [-0.3, -0.25) is 4.79 Å². The molecule has 2 unspecified atom stereocenters. The molecule has 1 saturated heterocycles. The molecule has 0 radical (unpaired) electrons. The van der Waals surface area contributed by atoms with Crippen molar-refractivity contribution in [1.29, 1.82) is 5.26 Å². The van der Waals surface area contributed by atoms with Gasteiger partial charge in [0.05, 0.1) is 11.6 Å². The Morgan fingerprint density at radius 2 is 2.53 bits per heavy atom. The molecule has 2 heterocycles. The maximum Gasteiger partial charge on any atom is 0.242 e. The fraction of sp³-hybridized carbons (Fsp3) is 0.500. The summed E-state index contributed by atoms with van der Waals surface area (Å²) in [4.78, 5) is 12.1. The third kappa shape index (κ3) is 2.65. The first-order chi connectivity index (χ1) is 8.22. The minimum Gasteiger partial charge on any atom is -0.315 e. The Balaban J connectivity index is 2.04. The van der Waals surface area contributed by atoms with Crippen LogP contribution in [0.15, 0.2) is 11.4 Å². The molecule has 1 amide bonds. The highest BCUT2D eigenvalue weighted by Gasteiger charge is 2.27. The van der Waals surface area contributed by atoms with E-state index >= 15 is 0 Å². The van der Waals surface area contributed by atoms with Gasteiger partial charge in [-0.1, -0.05) is 6.92 Å². The van der Waals surface area contributed by atoms with E-state index in [4.69, 9.17) is 5.26 Å². The second-order valence-electron chi connectivity index (χ2n) is 4.32. The maximum absolute atomic E-state index is 12.1. The van der Waals surface area contributed by atoms with Crippen LogP contribution in [0.2, 0.25) is 0 Å². The summed E-state index contributed by atoms with van der Waals surface area (Å²) in [5.74, 6) is 0.311. The van der Waals surface area contributed by atoms with Gasteiger partial charge in [0.25, 0.3) is 0 Å². The van der Waals surface area contributed by atoms with E-state index in [1.165, 1.54) is 11.3 Å². The summed E-state index contributed by atoms with van der Waals surface area (Å²) in [5, 5.41) is 17.4. The number of rotatable bonds is 2. The van der Waals surface area contributed by atoms with Crippen molar-refractivity contribution < 1.29 is 4.79 Å². The Morgan fingerprint density at radius 1 is 1.71 bits per heavy atom. The van der Waals surface area contributed by atoms with Crippen LogP contribution < -0.4 is 10.6 Å². The molecule has 1 aromatic heterocycles. The average molecular weight is 249 g/mol. The van der Waals surface area contributed by atoms with Gasteiger partial charge in [0.1, 0.15) is 11.1 Å². The quantitative estimate of drug-likeness (QED) is 0.842. The summed E-state index contributed by atoms with van der Waals surface area (Å²) in [6.45, 7) is 2.97. The van der Waals surface area contributed by atoms with Crippen LogP contribution in [0.25, 0.3) is 0 Å². The predicted octanol–water partition coefficient (Wildman–Crippen LogP) is 1.95. The summed E-state index contributed by atoms with van der Waals surface area (Å²) in [7, 11) is 0. The van der Waals surface area contributed by atoms with E-state index in [1.54, 1.807) is 6.07 Å². The van der Waals surface area contributed by atoms with Crippen molar-refractivity contribution in [3.05, 3.63) is 17.0 Å². The highest BCUT2D eigenvalue weighted by molar-refractivity contribution is 7.14. The zero-order valence-corrected chi connectivity index (χ0v) is 10.5. The molecule has 0 aliphatic carbocycles. The second kappa shape index (κ2) is 5.30. The van der Waals surface area contributed by atoms with Gasteiger partial charge in [0.15, 0.2) is 0 Å².